The van der Waals surface area contributed by atoms with Crippen molar-refractivity contribution in [2.75, 3.05) is 6.26 Å². The Hall–Kier alpha value is -2.08. The van der Waals surface area contributed by atoms with Gasteiger partial charge in [-0.1, -0.05) is 30.3 Å². The molecule has 0 saturated carbocycles. The van der Waals surface area contributed by atoms with Crippen LogP contribution in [0.5, 0.6) is 0 Å². The minimum atomic E-state index is -2.71. The van der Waals surface area contributed by atoms with Crippen LogP contribution in [0.4, 0.5) is 0 Å². The lowest BCUT2D eigenvalue weighted by atomic mass is 10.1. The van der Waals surface area contributed by atoms with Crippen LogP contribution in [0, 0.1) is 6.92 Å². The number of hydrogen-bond acceptors (Lipinski definition) is 4. The fourth-order valence-electron chi connectivity index (χ4n) is 2.28. The van der Waals surface area contributed by atoms with E-state index in [2.05, 4.69) is 4.98 Å². The molecule has 0 unspecified atom stereocenters. The van der Waals surface area contributed by atoms with Gasteiger partial charge in [-0.3, -0.25) is 9.11 Å². The largest absolute Gasteiger partial charge is 0.440 e. The number of benzene rings is 2. The fourth-order valence-corrected chi connectivity index (χ4v) is 2.93. The van der Waals surface area contributed by atoms with Gasteiger partial charge < -0.3 is 4.42 Å². The van der Waals surface area contributed by atoms with Crippen molar-refractivity contribution in [1.82, 2.24) is 4.98 Å². The van der Waals surface area contributed by atoms with Crippen molar-refractivity contribution >= 4 is 10.6 Å². The normalized spacial score (nSPS) is 12.4. The second kappa shape index (κ2) is 5.61. The third-order valence-corrected chi connectivity index (χ3v) is 4.51. The Kier molecular flexibility index (Phi) is 3.78. The smallest absolute Gasteiger partial charge is 0.192 e. The molecule has 0 aliphatic heterocycles. The molecule has 0 aliphatic rings. The highest BCUT2D eigenvalue weighted by Gasteiger charge is 2.16. The van der Waals surface area contributed by atoms with Crippen molar-refractivity contribution in [3.8, 4) is 22.6 Å². The first-order chi connectivity index (χ1) is 10.4. The minimum absolute atomic E-state index is 0.508. The maximum absolute atomic E-state index is 9.69. The van der Waals surface area contributed by atoms with Crippen molar-refractivity contribution in [1.29, 1.82) is 0 Å². The average Bonchev–Trinajstić information content (AvgIpc) is 2.89. The molecule has 4 nitrogen and oxygen atoms in total. The molecule has 22 heavy (non-hydrogen) atoms. The number of aromatic nitrogens is 1. The van der Waals surface area contributed by atoms with Crippen molar-refractivity contribution in [2.45, 2.75) is 11.8 Å². The first-order valence-corrected chi connectivity index (χ1v) is 8.77. The number of aryl methyl sites for hydroxylation is 1. The predicted octanol–water partition coefficient (Wildman–Crippen LogP) is 5.06. The summed E-state index contributed by atoms with van der Waals surface area (Å²) in [6, 6.07) is 16.9. The molecule has 114 valence electrons. The molecule has 0 fully saturated rings. The van der Waals surface area contributed by atoms with Crippen LogP contribution < -0.4 is 0 Å². The number of oxazole rings is 1. The highest BCUT2D eigenvalue weighted by Crippen LogP contribution is 2.44. The van der Waals surface area contributed by atoms with Gasteiger partial charge in [-0.25, -0.2) is 4.98 Å². The monoisotopic (exact) mass is 315 g/mol. The molecular weight excluding hydrogens is 298 g/mol. The third kappa shape index (κ3) is 2.92. The summed E-state index contributed by atoms with van der Waals surface area (Å²) in [4.78, 5) is 4.98. The van der Waals surface area contributed by atoms with Crippen LogP contribution >= 0.6 is 10.6 Å². The molecule has 0 amide bonds. The second-order valence-corrected chi connectivity index (χ2v) is 7.27. The van der Waals surface area contributed by atoms with Gasteiger partial charge in [0.1, 0.15) is 5.69 Å². The molecule has 2 N–H and O–H groups in total. The van der Waals surface area contributed by atoms with E-state index in [9.17, 15) is 9.11 Å². The summed E-state index contributed by atoms with van der Waals surface area (Å²) < 4.78 is 25.1. The highest BCUT2D eigenvalue weighted by molar-refractivity contribution is 8.23. The quantitative estimate of drug-likeness (QED) is 0.709. The molecule has 1 heterocycles. The molecule has 0 saturated heterocycles. The van der Waals surface area contributed by atoms with Crippen LogP contribution in [-0.2, 0) is 0 Å². The van der Waals surface area contributed by atoms with Crippen LogP contribution in [0.15, 0.2) is 63.9 Å². The van der Waals surface area contributed by atoms with E-state index in [-0.39, 0.29) is 0 Å². The minimum Gasteiger partial charge on any atom is -0.440 e. The number of hydrogen-bond donors (Lipinski definition) is 2. The van der Waals surface area contributed by atoms with Crippen molar-refractivity contribution < 1.29 is 13.5 Å². The molecular formula is C17H17NO3S. The van der Waals surface area contributed by atoms with E-state index < -0.39 is 10.6 Å². The molecule has 0 spiro atoms. The van der Waals surface area contributed by atoms with E-state index >= 15 is 0 Å². The van der Waals surface area contributed by atoms with Gasteiger partial charge in [0.2, 0.25) is 0 Å². The zero-order valence-corrected chi connectivity index (χ0v) is 13.2. The second-order valence-electron chi connectivity index (χ2n) is 5.13. The standard InChI is InChI=1S/C17H17NO3S/c1-12-18-16(13-6-4-3-5-7-13)17(21-12)14-8-10-15(11-9-14)22(2,19)20/h3-11,19-20H,1-2H3. The number of rotatable bonds is 3. The van der Waals surface area contributed by atoms with Crippen LogP contribution in [0.1, 0.15) is 5.89 Å². The van der Waals surface area contributed by atoms with E-state index in [1.807, 2.05) is 49.4 Å². The van der Waals surface area contributed by atoms with Gasteiger partial charge in [-0.15, -0.1) is 0 Å². The lowest BCUT2D eigenvalue weighted by molar-refractivity contribution is 0.495. The Balaban J connectivity index is 2.06. The molecule has 0 aliphatic carbocycles. The van der Waals surface area contributed by atoms with Gasteiger partial charge in [0, 0.05) is 24.3 Å². The molecule has 1 aromatic heterocycles. The molecule has 3 aromatic rings. The predicted molar refractivity (Wildman–Crippen MR) is 89.2 cm³/mol. The Labute approximate surface area is 130 Å². The molecule has 0 bridgehead atoms. The molecule has 0 radical (unpaired) electrons. The molecule has 2 aromatic carbocycles. The SMILES string of the molecule is Cc1nc(-c2ccccc2)c(-c2ccc(S(C)(O)O)cc2)o1. The van der Waals surface area contributed by atoms with Crippen molar-refractivity contribution in [2.24, 2.45) is 0 Å². The summed E-state index contributed by atoms with van der Waals surface area (Å²) in [7, 11) is -2.71. The lowest BCUT2D eigenvalue weighted by Gasteiger charge is -2.26. The third-order valence-electron chi connectivity index (χ3n) is 3.34. The van der Waals surface area contributed by atoms with E-state index in [1.54, 1.807) is 12.1 Å². The first-order valence-electron chi connectivity index (χ1n) is 6.82. The Morgan fingerprint density at radius 2 is 1.55 bits per heavy atom. The van der Waals surface area contributed by atoms with Crippen molar-refractivity contribution in [3.63, 3.8) is 0 Å². The van der Waals surface area contributed by atoms with Gasteiger partial charge in [-0.05, 0) is 24.3 Å². The van der Waals surface area contributed by atoms with Gasteiger partial charge in [0.05, 0.1) is 4.90 Å². The summed E-state index contributed by atoms with van der Waals surface area (Å²) in [6.45, 7) is 1.81. The maximum Gasteiger partial charge on any atom is 0.192 e. The molecule has 0 atom stereocenters. The van der Waals surface area contributed by atoms with E-state index in [4.69, 9.17) is 4.42 Å². The highest BCUT2D eigenvalue weighted by atomic mass is 32.3. The molecule has 5 heteroatoms. The lowest BCUT2D eigenvalue weighted by Crippen LogP contribution is -1.94. The van der Waals surface area contributed by atoms with Crippen LogP contribution in [-0.4, -0.2) is 20.3 Å². The number of nitrogens with zero attached hydrogens (tertiary/aromatic N) is 1. The van der Waals surface area contributed by atoms with Gasteiger partial charge in [-0.2, -0.15) is 10.6 Å². The Morgan fingerprint density at radius 1 is 0.909 bits per heavy atom. The van der Waals surface area contributed by atoms with Crippen molar-refractivity contribution in [3.05, 3.63) is 60.5 Å². The van der Waals surface area contributed by atoms with Crippen LogP contribution in [0.3, 0.4) is 0 Å². The topological polar surface area (TPSA) is 66.5 Å². The van der Waals surface area contributed by atoms with Crippen LogP contribution in [0.25, 0.3) is 22.6 Å². The van der Waals surface area contributed by atoms with Gasteiger partial charge in [0.25, 0.3) is 0 Å². The summed E-state index contributed by atoms with van der Waals surface area (Å²) in [5, 5.41) is 0. The average molecular weight is 315 g/mol. The van der Waals surface area contributed by atoms with E-state index in [0.717, 1.165) is 16.8 Å². The van der Waals surface area contributed by atoms with E-state index in [1.165, 1.54) is 6.26 Å². The van der Waals surface area contributed by atoms with Gasteiger partial charge in [0.15, 0.2) is 11.7 Å². The fraction of sp³-hybridized carbons (Fsp3) is 0.118. The Bertz CT molecular complexity index is 774. The first kappa shape index (κ1) is 14.8. The summed E-state index contributed by atoms with van der Waals surface area (Å²) in [6.07, 6.45) is 1.41. The zero-order chi connectivity index (χ0) is 15.7. The summed E-state index contributed by atoms with van der Waals surface area (Å²) in [5.74, 6) is 1.28. The van der Waals surface area contributed by atoms with Crippen LogP contribution in [0.2, 0.25) is 0 Å². The summed E-state index contributed by atoms with van der Waals surface area (Å²) in [5.41, 5.74) is 2.62. The van der Waals surface area contributed by atoms with E-state index in [0.29, 0.717) is 16.5 Å². The Morgan fingerprint density at radius 3 is 2.14 bits per heavy atom. The maximum atomic E-state index is 9.69. The van der Waals surface area contributed by atoms with Gasteiger partial charge >= 0.3 is 0 Å². The zero-order valence-electron chi connectivity index (χ0n) is 12.4. The summed E-state index contributed by atoms with van der Waals surface area (Å²) >= 11 is 0. The molecule has 3 rings (SSSR count).